The number of nitrogens with one attached hydrogen (secondary N) is 1. The Kier molecular flexibility index (Phi) is 6.18. The summed E-state index contributed by atoms with van der Waals surface area (Å²) >= 11 is 0. The number of aromatic nitrogens is 1. The molecule has 7 nitrogen and oxygen atoms in total. The molecule has 0 aliphatic carbocycles. The number of hydrogen-bond donors (Lipinski definition) is 2. The van der Waals surface area contributed by atoms with Crippen molar-refractivity contribution < 1.29 is 37.3 Å². The van der Waals surface area contributed by atoms with Crippen LogP contribution in [-0.2, 0) is 9.53 Å². The van der Waals surface area contributed by atoms with Crippen molar-refractivity contribution in [3.05, 3.63) is 23.9 Å². The molecule has 0 saturated carbocycles. The minimum absolute atomic E-state index is 0.0462. The molecule has 1 fully saturated rings. The third kappa shape index (κ3) is 5.89. The lowest BCUT2D eigenvalue weighted by atomic mass is 9.93. The highest BCUT2D eigenvalue weighted by atomic mass is 19.4. The zero-order valence-electron chi connectivity index (χ0n) is 13.1. The SMILES string of the molecule is O=C(NC(C(=O)O)C1CCCOC1)c1ccnc(OCC(F)(F)F)c1. The van der Waals surface area contributed by atoms with Gasteiger partial charge in [-0.2, -0.15) is 13.2 Å². The summed E-state index contributed by atoms with van der Waals surface area (Å²) in [6.07, 6.45) is -2.14. The lowest BCUT2D eigenvalue weighted by Crippen LogP contribution is -2.48. The van der Waals surface area contributed by atoms with E-state index in [1.54, 1.807) is 0 Å². The van der Waals surface area contributed by atoms with Gasteiger partial charge in [-0.05, 0) is 18.9 Å². The first-order chi connectivity index (χ1) is 11.8. The number of carboxylic acids is 1. The molecule has 1 aromatic rings. The van der Waals surface area contributed by atoms with E-state index in [-0.39, 0.29) is 24.0 Å². The Bertz CT molecular complexity index is 617. The van der Waals surface area contributed by atoms with Crippen LogP contribution in [0.2, 0.25) is 0 Å². The van der Waals surface area contributed by atoms with Crippen molar-refractivity contribution in [1.82, 2.24) is 10.3 Å². The maximum absolute atomic E-state index is 12.2. The van der Waals surface area contributed by atoms with E-state index < -0.39 is 30.7 Å². The Labute approximate surface area is 141 Å². The quantitative estimate of drug-likeness (QED) is 0.798. The van der Waals surface area contributed by atoms with E-state index in [2.05, 4.69) is 15.0 Å². The molecule has 2 N–H and O–H groups in total. The molecule has 138 valence electrons. The average molecular weight is 362 g/mol. The number of carbonyl (C=O) groups excluding carboxylic acids is 1. The number of aliphatic carboxylic acids is 1. The van der Waals surface area contributed by atoms with Gasteiger partial charge >= 0.3 is 12.1 Å². The second-order valence-electron chi connectivity index (χ2n) is 5.55. The molecule has 1 amide bonds. The summed E-state index contributed by atoms with van der Waals surface area (Å²) in [6.45, 7) is -0.781. The average Bonchev–Trinajstić information content (AvgIpc) is 2.58. The fourth-order valence-corrected chi connectivity index (χ4v) is 2.42. The number of ether oxygens (including phenoxy) is 2. The van der Waals surface area contributed by atoms with Crippen molar-refractivity contribution in [2.24, 2.45) is 5.92 Å². The molecule has 1 aliphatic heterocycles. The van der Waals surface area contributed by atoms with Crippen LogP contribution in [0.1, 0.15) is 23.2 Å². The summed E-state index contributed by atoms with van der Waals surface area (Å²) < 4.78 is 46.2. The van der Waals surface area contributed by atoms with Gasteiger partial charge in [0.15, 0.2) is 6.61 Å². The number of hydrogen-bond acceptors (Lipinski definition) is 5. The maximum Gasteiger partial charge on any atom is 0.422 e. The van der Waals surface area contributed by atoms with Crippen molar-refractivity contribution >= 4 is 11.9 Å². The number of rotatable bonds is 6. The number of halogens is 3. The van der Waals surface area contributed by atoms with Crippen LogP contribution in [0.5, 0.6) is 5.88 Å². The summed E-state index contributed by atoms with van der Waals surface area (Å²) in [4.78, 5) is 27.2. The Morgan fingerprint density at radius 1 is 1.48 bits per heavy atom. The first-order valence-corrected chi connectivity index (χ1v) is 7.53. The monoisotopic (exact) mass is 362 g/mol. The lowest BCUT2D eigenvalue weighted by Gasteiger charge is -2.28. The molecule has 2 heterocycles. The zero-order chi connectivity index (χ0) is 18.4. The van der Waals surface area contributed by atoms with Crippen LogP contribution in [0.4, 0.5) is 13.2 Å². The summed E-state index contributed by atoms with van der Waals surface area (Å²) in [7, 11) is 0. The highest BCUT2D eigenvalue weighted by Crippen LogP contribution is 2.20. The predicted octanol–water partition coefficient (Wildman–Crippen LogP) is 1.63. The molecule has 2 unspecified atom stereocenters. The van der Waals surface area contributed by atoms with Gasteiger partial charge < -0.3 is 19.9 Å². The van der Waals surface area contributed by atoms with Gasteiger partial charge in [-0.25, -0.2) is 9.78 Å². The largest absolute Gasteiger partial charge is 0.480 e. The van der Waals surface area contributed by atoms with Crippen LogP contribution in [0.3, 0.4) is 0 Å². The molecule has 25 heavy (non-hydrogen) atoms. The summed E-state index contributed by atoms with van der Waals surface area (Å²) in [5.41, 5.74) is -0.0462. The van der Waals surface area contributed by atoms with Crippen LogP contribution in [-0.4, -0.2) is 54.0 Å². The van der Waals surface area contributed by atoms with Crippen LogP contribution < -0.4 is 10.1 Å². The fraction of sp³-hybridized carbons (Fsp3) is 0.533. The fourth-order valence-electron chi connectivity index (χ4n) is 2.42. The number of alkyl halides is 3. The van der Waals surface area contributed by atoms with E-state index in [1.165, 1.54) is 6.07 Å². The molecule has 10 heteroatoms. The van der Waals surface area contributed by atoms with Crippen LogP contribution in [0, 0.1) is 5.92 Å². The number of carbonyl (C=O) groups is 2. The van der Waals surface area contributed by atoms with E-state index in [0.29, 0.717) is 19.4 Å². The predicted molar refractivity (Wildman–Crippen MR) is 78.2 cm³/mol. The van der Waals surface area contributed by atoms with E-state index in [4.69, 9.17) is 4.74 Å². The van der Waals surface area contributed by atoms with Crippen molar-refractivity contribution in [1.29, 1.82) is 0 Å². The Hall–Kier alpha value is -2.36. The van der Waals surface area contributed by atoms with Crippen LogP contribution in [0.15, 0.2) is 18.3 Å². The van der Waals surface area contributed by atoms with Crippen molar-refractivity contribution in [3.8, 4) is 5.88 Å². The molecule has 1 saturated heterocycles. The van der Waals surface area contributed by atoms with Gasteiger partial charge in [0, 0.05) is 30.4 Å². The van der Waals surface area contributed by atoms with E-state index in [0.717, 1.165) is 12.3 Å². The van der Waals surface area contributed by atoms with E-state index in [9.17, 15) is 27.9 Å². The van der Waals surface area contributed by atoms with E-state index in [1.807, 2.05) is 0 Å². The molecule has 2 rings (SSSR count). The first-order valence-electron chi connectivity index (χ1n) is 7.53. The molecule has 1 aliphatic rings. The Morgan fingerprint density at radius 3 is 2.84 bits per heavy atom. The first kappa shape index (κ1) is 19.0. The Balaban J connectivity index is 2.04. The minimum atomic E-state index is -4.53. The van der Waals surface area contributed by atoms with Crippen molar-refractivity contribution in [2.45, 2.75) is 25.1 Å². The van der Waals surface area contributed by atoms with Gasteiger partial charge in [0.25, 0.3) is 5.91 Å². The zero-order valence-corrected chi connectivity index (χ0v) is 13.1. The highest BCUT2D eigenvalue weighted by molar-refractivity contribution is 5.96. The van der Waals surface area contributed by atoms with Gasteiger partial charge in [-0.15, -0.1) is 0 Å². The number of nitrogens with zero attached hydrogens (tertiary/aromatic N) is 1. The second-order valence-corrected chi connectivity index (χ2v) is 5.55. The van der Waals surface area contributed by atoms with Gasteiger partial charge in [0.1, 0.15) is 6.04 Å². The van der Waals surface area contributed by atoms with Gasteiger partial charge in [0.2, 0.25) is 5.88 Å². The molecule has 2 atom stereocenters. The van der Waals surface area contributed by atoms with Gasteiger partial charge in [-0.3, -0.25) is 4.79 Å². The van der Waals surface area contributed by atoms with Crippen molar-refractivity contribution in [2.75, 3.05) is 19.8 Å². The molecule has 0 bridgehead atoms. The second kappa shape index (κ2) is 8.15. The van der Waals surface area contributed by atoms with Crippen molar-refractivity contribution in [3.63, 3.8) is 0 Å². The summed E-state index contributed by atoms with van der Waals surface area (Å²) in [5, 5.41) is 11.7. The van der Waals surface area contributed by atoms with Gasteiger partial charge in [0.05, 0.1) is 6.61 Å². The van der Waals surface area contributed by atoms with E-state index >= 15 is 0 Å². The number of carboxylic acid groups (broad SMARTS) is 1. The summed E-state index contributed by atoms with van der Waals surface area (Å²) in [6, 6.07) is 1.13. The molecular formula is C15H17F3N2O5. The van der Waals surface area contributed by atoms with Gasteiger partial charge in [-0.1, -0.05) is 0 Å². The molecule has 0 aromatic carbocycles. The number of pyridine rings is 1. The maximum atomic E-state index is 12.2. The normalized spacial score (nSPS) is 19.1. The minimum Gasteiger partial charge on any atom is -0.480 e. The molecular weight excluding hydrogens is 345 g/mol. The third-order valence-electron chi connectivity index (χ3n) is 3.60. The molecule has 0 radical (unpaired) electrons. The Morgan fingerprint density at radius 2 is 2.24 bits per heavy atom. The topological polar surface area (TPSA) is 97.8 Å². The summed E-state index contributed by atoms with van der Waals surface area (Å²) in [5.74, 6) is -2.69. The highest BCUT2D eigenvalue weighted by Gasteiger charge is 2.32. The molecule has 1 aromatic heterocycles. The standard InChI is InChI=1S/C15H17F3N2O5/c16-15(17,18)8-25-11-6-9(3-4-19-11)13(21)20-12(14(22)23)10-2-1-5-24-7-10/h3-4,6,10,12H,1-2,5,7-8H2,(H,20,21)(H,22,23). The number of amides is 1. The molecule has 0 spiro atoms. The van der Waals surface area contributed by atoms with Crippen LogP contribution >= 0.6 is 0 Å². The lowest BCUT2D eigenvalue weighted by molar-refractivity contribution is -0.154. The van der Waals surface area contributed by atoms with Crippen LogP contribution in [0.25, 0.3) is 0 Å². The smallest absolute Gasteiger partial charge is 0.422 e. The third-order valence-corrected chi connectivity index (χ3v) is 3.60.